The van der Waals surface area contributed by atoms with Gasteiger partial charge in [-0.2, -0.15) is 5.10 Å². The summed E-state index contributed by atoms with van der Waals surface area (Å²) < 4.78 is 5.19. The largest absolute Gasteiger partial charge is 0.328 e. The molecule has 4 rings (SSSR count). The summed E-state index contributed by atoms with van der Waals surface area (Å²) in [6, 6.07) is 0. The fraction of sp³-hybridized carbons (Fsp3) is 0.733. The molecule has 0 saturated heterocycles. The smallest absolute Gasteiger partial charge is 0.179 e. The molecule has 0 aliphatic heterocycles. The van der Waals surface area contributed by atoms with Gasteiger partial charge in [-0.25, -0.2) is 0 Å². The van der Waals surface area contributed by atoms with Crippen LogP contribution in [0.15, 0.2) is 0 Å². The van der Waals surface area contributed by atoms with Crippen LogP contribution in [0.4, 0.5) is 0 Å². The molecule has 1 N–H and O–H groups in total. The topological polar surface area (TPSA) is 38.5 Å². The van der Waals surface area contributed by atoms with Gasteiger partial charge in [0.15, 0.2) is 10.4 Å². The average molecular weight is 290 g/mol. The average Bonchev–Trinajstić information content (AvgIpc) is 3.29. The number of hydrogen-bond donors (Lipinski definition) is 1. The fourth-order valence-corrected chi connectivity index (χ4v) is 3.96. The Labute approximate surface area is 124 Å². The van der Waals surface area contributed by atoms with Crippen molar-refractivity contribution in [2.45, 2.75) is 52.0 Å². The van der Waals surface area contributed by atoms with Crippen molar-refractivity contribution in [1.29, 1.82) is 0 Å². The highest BCUT2D eigenvalue weighted by molar-refractivity contribution is 7.71. The molecule has 2 aliphatic carbocycles. The third kappa shape index (κ3) is 1.79. The molecule has 0 bridgehead atoms. The first-order chi connectivity index (χ1) is 9.64. The maximum atomic E-state index is 5.58. The van der Waals surface area contributed by atoms with Gasteiger partial charge in [0.05, 0.1) is 5.69 Å². The second-order valence-electron chi connectivity index (χ2n) is 6.67. The van der Waals surface area contributed by atoms with Gasteiger partial charge in [-0.3, -0.25) is 4.68 Å². The molecule has 0 spiro atoms. The molecule has 0 amide bonds. The van der Waals surface area contributed by atoms with Gasteiger partial charge in [-0.15, -0.1) is 0 Å². The summed E-state index contributed by atoms with van der Waals surface area (Å²) in [4.78, 5) is 3.41. The number of nitrogens with one attached hydrogen (secondary N) is 1. The third-order valence-electron chi connectivity index (χ3n) is 5.12. The number of nitrogens with zero attached hydrogens (tertiary/aromatic N) is 3. The van der Waals surface area contributed by atoms with Crippen molar-refractivity contribution in [3.8, 4) is 0 Å². The first-order valence-corrected chi connectivity index (χ1v) is 8.20. The number of aromatic amines is 1. The van der Waals surface area contributed by atoms with Crippen LogP contribution in [0.5, 0.6) is 0 Å². The number of imidazole rings is 1. The summed E-state index contributed by atoms with van der Waals surface area (Å²) >= 11 is 5.58. The molecule has 0 radical (unpaired) electrons. The number of H-pyrrole nitrogens is 1. The van der Waals surface area contributed by atoms with E-state index in [4.69, 9.17) is 12.2 Å². The van der Waals surface area contributed by atoms with Crippen LogP contribution >= 0.6 is 12.2 Å². The van der Waals surface area contributed by atoms with Gasteiger partial charge >= 0.3 is 0 Å². The zero-order valence-electron chi connectivity index (χ0n) is 12.3. The maximum absolute atomic E-state index is 5.58. The van der Waals surface area contributed by atoms with Gasteiger partial charge in [0, 0.05) is 13.6 Å². The molecule has 4 nitrogen and oxygen atoms in total. The van der Waals surface area contributed by atoms with Crippen LogP contribution in [0.25, 0.3) is 11.2 Å². The van der Waals surface area contributed by atoms with Gasteiger partial charge in [0.1, 0.15) is 5.52 Å². The quantitative estimate of drug-likeness (QED) is 0.855. The molecule has 20 heavy (non-hydrogen) atoms. The van der Waals surface area contributed by atoms with Crippen molar-refractivity contribution < 1.29 is 0 Å². The number of aryl methyl sites for hydroxylation is 2. The number of fused-ring (bicyclic) bond motifs is 1. The summed E-state index contributed by atoms with van der Waals surface area (Å²) in [6.07, 6.45) is 7.74. The van der Waals surface area contributed by atoms with Crippen molar-refractivity contribution in [2.24, 2.45) is 18.4 Å². The lowest BCUT2D eigenvalue weighted by Crippen LogP contribution is -2.15. The number of hydrogen-bond acceptors (Lipinski definition) is 2. The van der Waals surface area contributed by atoms with Gasteiger partial charge < -0.3 is 9.55 Å². The summed E-state index contributed by atoms with van der Waals surface area (Å²) in [7, 11) is 2.04. The van der Waals surface area contributed by atoms with E-state index >= 15 is 0 Å². The van der Waals surface area contributed by atoms with Gasteiger partial charge in [0.2, 0.25) is 0 Å². The predicted octanol–water partition coefficient (Wildman–Crippen LogP) is 3.58. The Morgan fingerprint density at radius 2 is 2.15 bits per heavy atom. The van der Waals surface area contributed by atoms with Crippen molar-refractivity contribution in [3.63, 3.8) is 0 Å². The monoisotopic (exact) mass is 290 g/mol. The summed E-state index contributed by atoms with van der Waals surface area (Å²) in [5.41, 5.74) is 4.06. The summed E-state index contributed by atoms with van der Waals surface area (Å²) in [6.45, 7) is 3.28. The minimum absolute atomic E-state index is 0.558. The van der Waals surface area contributed by atoms with Crippen molar-refractivity contribution >= 4 is 23.4 Å². The van der Waals surface area contributed by atoms with E-state index in [1.165, 1.54) is 31.3 Å². The first-order valence-electron chi connectivity index (χ1n) is 7.79. The lowest BCUT2D eigenvalue weighted by molar-refractivity contribution is 0.370. The highest BCUT2D eigenvalue weighted by Gasteiger charge is 2.54. The molecule has 0 aromatic carbocycles. The van der Waals surface area contributed by atoms with Crippen molar-refractivity contribution in [1.82, 2.24) is 19.3 Å². The van der Waals surface area contributed by atoms with E-state index in [1.807, 2.05) is 11.7 Å². The van der Waals surface area contributed by atoms with Gasteiger partial charge in [-0.1, -0.05) is 13.3 Å². The SMILES string of the molecule is CCCc1nn(C)c2c1[nH]c(=S)n2CC1(C2CC2)CC1. The molecule has 0 atom stereocenters. The third-order valence-corrected chi connectivity index (χ3v) is 5.44. The Morgan fingerprint density at radius 1 is 1.40 bits per heavy atom. The van der Waals surface area contributed by atoms with E-state index in [2.05, 4.69) is 21.6 Å². The van der Waals surface area contributed by atoms with Gasteiger partial charge in [-0.05, 0) is 55.7 Å². The molecule has 2 aliphatic rings. The van der Waals surface area contributed by atoms with E-state index in [-0.39, 0.29) is 0 Å². The Morgan fingerprint density at radius 3 is 2.75 bits per heavy atom. The lowest BCUT2D eigenvalue weighted by atomic mass is 10.0. The van der Waals surface area contributed by atoms with Crippen LogP contribution in [0.1, 0.15) is 44.7 Å². The summed E-state index contributed by atoms with van der Waals surface area (Å²) in [5, 5.41) is 4.67. The molecule has 2 saturated carbocycles. The predicted molar refractivity (Wildman–Crippen MR) is 82.3 cm³/mol. The summed E-state index contributed by atoms with van der Waals surface area (Å²) in [5.74, 6) is 0.956. The highest BCUT2D eigenvalue weighted by Crippen LogP contribution is 2.62. The van der Waals surface area contributed by atoms with Crippen LogP contribution in [0.3, 0.4) is 0 Å². The molecule has 108 valence electrons. The van der Waals surface area contributed by atoms with E-state index in [9.17, 15) is 0 Å². The van der Waals surface area contributed by atoms with E-state index in [0.717, 1.165) is 41.3 Å². The van der Waals surface area contributed by atoms with Crippen LogP contribution in [0, 0.1) is 16.1 Å². The van der Waals surface area contributed by atoms with Crippen LogP contribution < -0.4 is 0 Å². The minimum Gasteiger partial charge on any atom is -0.328 e. The Balaban J connectivity index is 1.78. The normalized spacial score (nSPS) is 20.7. The van der Waals surface area contributed by atoms with Crippen LogP contribution in [0.2, 0.25) is 0 Å². The van der Waals surface area contributed by atoms with E-state index in [1.54, 1.807) is 0 Å². The molecule has 2 aromatic heterocycles. The second-order valence-corrected chi connectivity index (χ2v) is 7.06. The first kappa shape index (κ1) is 12.6. The Bertz CT molecular complexity index is 712. The molecule has 2 fully saturated rings. The van der Waals surface area contributed by atoms with E-state index < -0.39 is 0 Å². The number of rotatable bonds is 5. The molecular weight excluding hydrogens is 268 g/mol. The fourth-order valence-electron chi connectivity index (χ4n) is 3.70. The molecule has 2 heterocycles. The van der Waals surface area contributed by atoms with Gasteiger partial charge in [0.25, 0.3) is 0 Å². The molecular formula is C15H22N4S. The Kier molecular flexibility index (Phi) is 2.65. The number of aromatic nitrogens is 4. The zero-order valence-corrected chi connectivity index (χ0v) is 13.1. The maximum Gasteiger partial charge on any atom is 0.179 e. The highest BCUT2D eigenvalue weighted by atomic mass is 32.1. The zero-order chi connectivity index (χ0) is 13.9. The molecule has 5 heteroatoms. The second kappa shape index (κ2) is 4.20. The minimum atomic E-state index is 0.558. The molecule has 0 unspecified atom stereocenters. The molecule has 2 aromatic rings. The van der Waals surface area contributed by atoms with E-state index in [0.29, 0.717) is 5.41 Å². The Hall–Kier alpha value is -1.10. The lowest BCUT2D eigenvalue weighted by Gasteiger charge is -2.15. The van der Waals surface area contributed by atoms with Crippen LogP contribution in [-0.2, 0) is 20.0 Å². The van der Waals surface area contributed by atoms with Crippen molar-refractivity contribution in [3.05, 3.63) is 10.5 Å². The van der Waals surface area contributed by atoms with Crippen molar-refractivity contribution in [2.75, 3.05) is 0 Å². The van der Waals surface area contributed by atoms with Crippen LogP contribution in [-0.4, -0.2) is 19.3 Å². The standard InChI is InChI=1S/C15H22N4S/c1-3-4-11-12-13(18(2)17-11)19(14(20)16-12)9-15(7-8-15)10-5-6-10/h10H,3-9H2,1-2H3,(H,16,20).